The Bertz CT molecular complexity index is 2450. The maximum Gasteiger partial charge on any atom is 0.154 e. The number of rotatable bonds is 4. The topological polar surface area (TPSA) is 42.4 Å². The highest BCUT2D eigenvalue weighted by Gasteiger charge is 2.19. The highest BCUT2D eigenvalue weighted by Crippen LogP contribution is 2.40. The van der Waals surface area contributed by atoms with Gasteiger partial charge in [-0.2, -0.15) is 0 Å². The van der Waals surface area contributed by atoms with Gasteiger partial charge in [-0.15, -0.1) is 0 Å². The van der Waals surface area contributed by atoms with Gasteiger partial charge in [-0.05, 0) is 71.1 Å². The van der Waals surface area contributed by atoms with E-state index in [1.54, 1.807) is 0 Å². The van der Waals surface area contributed by atoms with Crippen LogP contribution in [0.2, 0.25) is 0 Å². The summed E-state index contributed by atoms with van der Waals surface area (Å²) in [5, 5.41) is 5.40. The Balaban J connectivity index is 1.25. The second-order valence-electron chi connectivity index (χ2n) is 10.8. The SMILES string of the molecule is c1ccc(-c2ccc(N(c3ccc4oc5ccccc5c4c3)c3ccc4oc5c6ccccc6ccc5c4n3)cc2)cc1. The number of hydrogen-bond acceptors (Lipinski definition) is 4. The molecule has 0 aliphatic heterocycles. The first kappa shape index (κ1) is 23.8. The molecule has 9 rings (SSSR count). The molecule has 0 radical (unpaired) electrons. The van der Waals surface area contributed by atoms with Gasteiger partial charge in [0.2, 0.25) is 0 Å². The molecule has 0 saturated carbocycles. The molecule has 4 heteroatoms. The van der Waals surface area contributed by atoms with E-state index in [1.165, 1.54) is 5.56 Å². The fourth-order valence-electron chi connectivity index (χ4n) is 6.19. The fourth-order valence-corrected chi connectivity index (χ4v) is 6.19. The average Bonchev–Trinajstić information content (AvgIpc) is 3.64. The lowest BCUT2D eigenvalue weighted by molar-refractivity contribution is 0.669. The predicted molar refractivity (Wildman–Crippen MR) is 176 cm³/mol. The van der Waals surface area contributed by atoms with Crippen molar-refractivity contribution in [2.24, 2.45) is 0 Å². The molecular formula is C39H24N2O2. The van der Waals surface area contributed by atoms with Crippen molar-refractivity contribution in [1.82, 2.24) is 4.98 Å². The third-order valence-corrected chi connectivity index (χ3v) is 8.27. The molecule has 0 fully saturated rings. The zero-order chi connectivity index (χ0) is 28.3. The van der Waals surface area contributed by atoms with Gasteiger partial charge in [0, 0.05) is 32.9 Å². The monoisotopic (exact) mass is 552 g/mol. The molecule has 0 N–H and O–H groups in total. The molecule has 0 atom stereocenters. The Kier molecular flexibility index (Phi) is 5.16. The molecule has 0 bridgehead atoms. The normalized spacial score (nSPS) is 11.7. The fraction of sp³-hybridized carbons (Fsp3) is 0. The van der Waals surface area contributed by atoms with Crippen molar-refractivity contribution in [3.8, 4) is 11.1 Å². The first-order valence-corrected chi connectivity index (χ1v) is 14.4. The zero-order valence-corrected chi connectivity index (χ0v) is 23.1. The van der Waals surface area contributed by atoms with E-state index in [4.69, 9.17) is 13.8 Å². The Morgan fingerprint density at radius 1 is 0.442 bits per heavy atom. The summed E-state index contributed by atoms with van der Waals surface area (Å²) in [6.45, 7) is 0. The number of pyridine rings is 1. The van der Waals surface area contributed by atoms with Gasteiger partial charge in [0.05, 0.1) is 0 Å². The summed E-state index contributed by atoms with van der Waals surface area (Å²) in [5.74, 6) is 0.808. The van der Waals surface area contributed by atoms with Crippen LogP contribution in [0.4, 0.5) is 17.2 Å². The number of benzene rings is 6. The molecular weight excluding hydrogens is 528 g/mol. The van der Waals surface area contributed by atoms with Gasteiger partial charge in [0.25, 0.3) is 0 Å². The third kappa shape index (κ3) is 3.81. The molecule has 9 aromatic rings. The van der Waals surface area contributed by atoms with Crippen LogP contribution in [0.5, 0.6) is 0 Å². The number of anilines is 3. The minimum absolute atomic E-state index is 0.769. The van der Waals surface area contributed by atoms with Crippen molar-refractivity contribution in [2.75, 3.05) is 4.90 Å². The molecule has 43 heavy (non-hydrogen) atoms. The number of para-hydroxylation sites is 1. The third-order valence-electron chi connectivity index (χ3n) is 8.27. The van der Waals surface area contributed by atoms with E-state index < -0.39 is 0 Å². The van der Waals surface area contributed by atoms with Crippen molar-refractivity contribution in [3.63, 3.8) is 0 Å². The quantitative estimate of drug-likeness (QED) is 0.218. The molecule has 0 aliphatic carbocycles. The van der Waals surface area contributed by atoms with Gasteiger partial charge >= 0.3 is 0 Å². The molecule has 202 valence electrons. The number of nitrogens with zero attached hydrogens (tertiary/aromatic N) is 2. The molecule has 0 saturated heterocycles. The van der Waals surface area contributed by atoms with Gasteiger partial charge in [-0.25, -0.2) is 4.98 Å². The predicted octanol–water partition coefficient (Wildman–Crippen LogP) is 11.2. The van der Waals surface area contributed by atoms with Crippen LogP contribution in [0.15, 0.2) is 154 Å². The molecule has 0 amide bonds. The van der Waals surface area contributed by atoms with E-state index in [2.05, 4.69) is 95.9 Å². The molecule has 3 aromatic heterocycles. The van der Waals surface area contributed by atoms with E-state index in [1.807, 2.05) is 54.6 Å². The molecule has 4 nitrogen and oxygen atoms in total. The second kappa shape index (κ2) is 9.33. The summed E-state index contributed by atoms with van der Waals surface area (Å²) >= 11 is 0. The first-order valence-electron chi connectivity index (χ1n) is 14.4. The van der Waals surface area contributed by atoms with Crippen molar-refractivity contribution >= 4 is 72.0 Å². The van der Waals surface area contributed by atoms with Gasteiger partial charge in [0.1, 0.15) is 28.1 Å². The summed E-state index contributed by atoms with van der Waals surface area (Å²) in [6.07, 6.45) is 0. The van der Waals surface area contributed by atoms with Crippen LogP contribution in [-0.2, 0) is 0 Å². The Morgan fingerprint density at radius 3 is 2.02 bits per heavy atom. The van der Waals surface area contributed by atoms with Crippen LogP contribution >= 0.6 is 0 Å². The number of fused-ring (bicyclic) bond motifs is 8. The lowest BCUT2D eigenvalue weighted by Crippen LogP contribution is -2.11. The van der Waals surface area contributed by atoms with Crippen molar-refractivity contribution in [2.45, 2.75) is 0 Å². The summed E-state index contributed by atoms with van der Waals surface area (Å²) in [6, 6.07) is 50.2. The largest absolute Gasteiger partial charge is 0.456 e. The molecule has 0 spiro atoms. The zero-order valence-electron chi connectivity index (χ0n) is 23.1. The smallest absolute Gasteiger partial charge is 0.154 e. The minimum Gasteiger partial charge on any atom is -0.456 e. The standard InChI is InChI=1S/C39H24N2O2/c1-2-8-25(9-3-1)26-14-17-28(18-15-26)41(29-19-21-35-33(24-29)31-12-6-7-13-34(31)42-35)37-23-22-36-38(40-37)32-20-16-27-10-4-5-11-30(27)39(32)43-36/h1-24H. The number of aromatic nitrogens is 1. The van der Waals surface area contributed by atoms with Gasteiger partial charge < -0.3 is 8.83 Å². The molecule has 0 aliphatic rings. The van der Waals surface area contributed by atoms with Gasteiger partial charge in [-0.1, -0.05) is 91.0 Å². The summed E-state index contributed by atoms with van der Waals surface area (Å²) in [5.41, 5.74) is 8.58. The molecule has 3 heterocycles. The van der Waals surface area contributed by atoms with E-state index in [0.29, 0.717) is 0 Å². The van der Waals surface area contributed by atoms with Crippen LogP contribution < -0.4 is 4.90 Å². The maximum absolute atomic E-state index is 6.38. The van der Waals surface area contributed by atoms with Crippen molar-refractivity contribution in [3.05, 3.63) is 146 Å². The highest BCUT2D eigenvalue weighted by atomic mass is 16.3. The van der Waals surface area contributed by atoms with Crippen molar-refractivity contribution < 1.29 is 8.83 Å². The second-order valence-corrected chi connectivity index (χ2v) is 10.8. The van der Waals surface area contributed by atoms with Crippen molar-refractivity contribution in [1.29, 1.82) is 0 Å². The van der Waals surface area contributed by atoms with Crippen LogP contribution in [0.25, 0.3) is 65.9 Å². The van der Waals surface area contributed by atoms with Gasteiger partial charge in [0.15, 0.2) is 5.58 Å². The number of furan rings is 2. The van der Waals surface area contributed by atoms with Crippen LogP contribution in [0.3, 0.4) is 0 Å². The first-order chi connectivity index (χ1) is 21.3. The summed E-state index contributed by atoms with van der Waals surface area (Å²) in [4.78, 5) is 7.45. The minimum atomic E-state index is 0.769. The van der Waals surface area contributed by atoms with Gasteiger partial charge in [-0.3, -0.25) is 4.90 Å². The average molecular weight is 553 g/mol. The van der Waals surface area contributed by atoms with E-state index in [-0.39, 0.29) is 0 Å². The highest BCUT2D eigenvalue weighted by molar-refractivity contribution is 6.14. The van der Waals surface area contributed by atoms with Crippen LogP contribution in [0.1, 0.15) is 0 Å². The van der Waals surface area contributed by atoms with Crippen LogP contribution in [0, 0.1) is 0 Å². The number of hydrogen-bond donors (Lipinski definition) is 0. The molecule has 6 aromatic carbocycles. The van der Waals surface area contributed by atoms with E-state index in [0.717, 1.165) is 77.5 Å². The van der Waals surface area contributed by atoms with E-state index in [9.17, 15) is 0 Å². The summed E-state index contributed by atoms with van der Waals surface area (Å²) < 4.78 is 12.5. The summed E-state index contributed by atoms with van der Waals surface area (Å²) in [7, 11) is 0. The molecule has 0 unspecified atom stereocenters. The maximum atomic E-state index is 6.38. The Labute approximate surface area is 247 Å². The lowest BCUT2D eigenvalue weighted by atomic mass is 10.0. The Hall–Kier alpha value is -5.87. The van der Waals surface area contributed by atoms with Crippen LogP contribution in [-0.4, -0.2) is 4.98 Å². The lowest BCUT2D eigenvalue weighted by Gasteiger charge is -2.24. The Morgan fingerprint density at radius 2 is 1.14 bits per heavy atom. The van der Waals surface area contributed by atoms with E-state index >= 15 is 0 Å².